The Morgan fingerprint density at radius 2 is 1.56 bits per heavy atom. The molecule has 0 heterocycles. The van der Waals surface area contributed by atoms with Crippen molar-refractivity contribution in [3.8, 4) is 0 Å². The van der Waals surface area contributed by atoms with Crippen LogP contribution in [0.25, 0.3) is 0 Å². The summed E-state index contributed by atoms with van der Waals surface area (Å²) in [6, 6.07) is 15.3. The van der Waals surface area contributed by atoms with Crippen LogP contribution in [-0.2, 0) is 9.59 Å². The van der Waals surface area contributed by atoms with E-state index in [0.717, 1.165) is 22.4 Å². The number of hydrogen-bond acceptors (Lipinski definition) is 2. The van der Waals surface area contributed by atoms with E-state index in [1.807, 2.05) is 69.3 Å². The van der Waals surface area contributed by atoms with Crippen molar-refractivity contribution < 1.29 is 9.59 Å². The number of nitrogens with one attached hydrogen (secondary N) is 2. The zero-order valence-electron chi connectivity index (χ0n) is 15.5. The average Bonchev–Trinajstić information content (AvgIpc) is 2.59. The zero-order valence-corrected chi connectivity index (χ0v) is 15.5. The third-order valence-electron chi connectivity index (χ3n) is 4.64. The quantitative estimate of drug-likeness (QED) is 0.805. The van der Waals surface area contributed by atoms with E-state index in [-0.39, 0.29) is 17.9 Å². The Hall–Kier alpha value is -2.62. The van der Waals surface area contributed by atoms with Crippen LogP contribution in [0.3, 0.4) is 0 Å². The van der Waals surface area contributed by atoms with Gasteiger partial charge in [0.2, 0.25) is 11.8 Å². The van der Waals surface area contributed by atoms with Crippen molar-refractivity contribution in [2.45, 2.75) is 40.7 Å². The van der Waals surface area contributed by atoms with Gasteiger partial charge in [-0.1, -0.05) is 42.5 Å². The number of carbonyl (C=O) groups excluding carboxylic acids is 2. The highest BCUT2D eigenvalue weighted by atomic mass is 16.2. The highest BCUT2D eigenvalue weighted by Gasteiger charge is 2.37. The van der Waals surface area contributed by atoms with E-state index in [1.54, 1.807) is 13.8 Å². The second-order valence-electron chi connectivity index (χ2n) is 6.93. The summed E-state index contributed by atoms with van der Waals surface area (Å²) in [6.45, 7) is 9.13. The fraction of sp³-hybridized carbons (Fsp3) is 0.333. The van der Waals surface area contributed by atoms with Gasteiger partial charge in [0.25, 0.3) is 0 Å². The molecule has 0 aliphatic rings. The van der Waals surface area contributed by atoms with Crippen LogP contribution >= 0.6 is 0 Å². The Morgan fingerprint density at radius 1 is 0.920 bits per heavy atom. The van der Waals surface area contributed by atoms with Crippen molar-refractivity contribution in [1.82, 2.24) is 5.32 Å². The van der Waals surface area contributed by atoms with Gasteiger partial charge in [0.05, 0.1) is 6.04 Å². The molecule has 0 aliphatic carbocycles. The maximum atomic E-state index is 12.7. The lowest BCUT2D eigenvalue weighted by Crippen LogP contribution is -2.45. The molecule has 2 rings (SSSR count). The maximum Gasteiger partial charge on any atom is 0.239 e. The Bertz CT molecular complexity index is 767. The fourth-order valence-corrected chi connectivity index (χ4v) is 2.47. The first-order valence-electron chi connectivity index (χ1n) is 8.47. The Kier molecular flexibility index (Phi) is 5.62. The van der Waals surface area contributed by atoms with Crippen molar-refractivity contribution in [1.29, 1.82) is 0 Å². The number of benzene rings is 2. The van der Waals surface area contributed by atoms with Gasteiger partial charge in [-0.3, -0.25) is 9.59 Å². The highest BCUT2D eigenvalue weighted by Crippen LogP contribution is 2.24. The maximum absolute atomic E-state index is 12.7. The van der Waals surface area contributed by atoms with Crippen LogP contribution in [-0.4, -0.2) is 11.8 Å². The van der Waals surface area contributed by atoms with Crippen LogP contribution in [0.1, 0.15) is 43.5 Å². The van der Waals surface area contributed by atoms with E-state index < -0.39 is 5.41 Å². The number of amides is 2. The minimum absolute atomic E-state index is 0.165. The minimum atomic E-state index is -1.18. The summed E-state index contributed by atoms with van der Waals surface area (Å²) in [4.78, 5) is 25.3. The molecule has 2 N–H and O–H groups in total. The first-order valence-corrected chi connectivity index (χ1v) is 8.47. The lowest BCUT2D eigenvalue weighted by atomic mass is 9.90. The van der Waals surface area contributed by atoms with Crippen molar-refractivity contribution in [3.63, 3.8) is 0 Å². The third kappa shape index (κ3) is 4.27. The molecular weight excluding hydrogens is 312 g/mol. The lowest BCUT2D eigenvalue weighted by Gasteiger charge is -2.26. The first-order chi connectivity index (χ1) is 11.7. The second kappa shape index (κ2) is 7.51. The zero-order chi connectivity index (χ0) is 18.6. The molecule has 2 amide bonds. The van der Waals surface area contributed by atoms with E-state index in [0.29, 0.717) is 0 Å². The molecule has 0 aromatic heterocycles. The molecule has 2 aromatic carbocycles. The fourth-order valence-electron chi connectivity index (χ4n) is 2.47. The van der Waals surface area contributed by atoms with Gasteiger partial charge in [-0.15, -0.1) is 0 Å². The van der Waals surface area contributed by atoms with Gasteiger partial charge >= 0.3 is 0 Å². The van der Waals surface area contributed by atoms with Crippen molar-refractivity contribution in [2.24, 2.45) is 5.41 Å². The smallest absolute Gasteiger partial charge is 0.239 e. The van der Waals surface area contributed by atoms with Crippen molar-refractivity contribution in [2.75, 3.05) is 5.32 Å². The molecule has 25 heavy (non-hydrogen) atoms. The van der Waals surface area contributed by atoms with E-state index >= 15 is 0 Å². The number of rotatable bonds is 5. The summed E-state index contributed by atoms with van der Waals surface area (Å²) < 4.78 is 0. The molecule has 0 spiro atoms. The van der Waals surface area contributed by atoms with Crippen molar-refractivity contribution >= 4 is 17.5 Å². The molecule has 1 unspecified atom stereocenters. The van der Waals surface area contributed by atoms with Gasteiger partial charge in [-0.05, 0) is 57.4 Å². The van der Waals surface area contributed by atoms with Crippen LogP contribution in [0.4, 0.5) is 5.69 Å². The van der Waals surface area contributed by atoms with Crippen LogP contribution < -0.4 is 10.6 Å². The van der Waals surface area contributed by atoms with Gasteiger partial charge in [-0.25, -0.2) is 0 Å². The van der Waals surface area contributed by atoms with Crippen LogP contribution in [0.2, 0.25) is 0 Å². The summed E-state index contributed by atoms with van der Waals surface area (Å²) in [5, 5.41) is 5.81. The van der Waals surface area contributed by atoms with Crippen LogP contribution in [0.15, 0.2) is 48.5 Å². The van der Waals surface area contributed by atoms with E-state index in [4.69, 9.17) is 0 Å². The monoisotopic (exact) mass is 338 g/mol. The SMILES string of the molecule is Cc1cccc(NC(=O)C(C)(C)C(=O)NC(C)c2ccccc2)c1C. The molecule has 132 valence electrons. The Balaban J connectivity index is 2.09. The molecule has 1 atom stereocenters. The minimum Gasteiger partial charge on any atom is -0.349 e. The number of aryl methyl sites for hydroxylation is 1. The predicted molar refractivity (Wildman–Crippen MR) is 101 cm³/mol. The molecule has 2 aromatic rings. The van der Waals surface area contributed by atoms with Gasteiger partial charge in [-0.2, -0.15) is 0 Å². The van der Waals surface area contributed by atoms with Crippen LogP contribution in [0.5, 0.6) is 0 Å². The predicted octanol–water partition coefficient (Wildman–Crippen LogP) is 4.15. The van der Waals surface area contributed by atoms with E-state index in [2.05, 4.69) is 10.6 Å². The summed E-state index contributed by atoms with van der Waals surface area (Å²) >= 11 is 0. The molecule has 4 heteroatoms. The van der Waals surface area contributed by atoms with E-state index in [9.17, 15) is 9.59 Å². The lowest BCUT2D eigenvalue weighted by molar-refractivity contribution is -0.138. The topological polar surface area (TPSA) is 58.2 Å². The number of hydrogen-bond donors (Lipinski definition) is 2. The third-order valence-corrected chi connectivity index (χ3v) is 4.64. The molecule has 0 fully saturated rings. The number of carbonyl (C=O) groups is 2. The molecule has 0 radical (unpaired) electrons. The van der Waals surface area contributed by atoms with Crippen molar-refractivity contribution in [3.05, 3.63) is 65.2 Å². The Morgan fingerprint density at radius 3 is 2.20 bits per heavy atom. The summed E-state index contributed by atoms with van der Waals surface area (Å²) in [5.74, 6) is -0.620. The van der Waals surface area contributed by atoms with E-state index in [1.165, 1.54) is 0 Å². The molecule has 0 saturated heterocycles. The summed E-state index contributed by atoms with van der Waals surface area (Å²) in [7, 11) is 0. The van der Waals surface area contributed by atoms with Crippen LogP contribution in [0, 0.1) is 19.3 Å². The summed E-state index contributed by atoms with van der Waals surface area (Å²) in [5.41, 5.74) is 2.66. The molecule has 4 nitrogen and oxygen atoms in total. The van der Waals surface area contributed by atoms with Gasteiger partial charge in [0.1, 0.15) is 5.41 Å². The second-order valence-corrected chi connectivity index (χ2v) is 6.93. The summed E-state index contributed by atoms with van der Waals surface area (Å²) in [6.07, 6.45) is 0. The first kappa shape index (κ1) is 18.7. The van der Waals surface area contributed by atoms with Gasteiger partial charge in [0.15, 0.2) is 0 Å². The average molecular weight is 338 g/mol. The Labute approximate surface area is 149 Å². The molecular formula is C21H26N2O2. The number of anilines is 1. The molecule has 0 aliphatic heterocycles. The normalized spacial score (nSPS) is 12.4. The van der Waals surface area contributed by atoms with Gasteiger partial charge in [0, 0.05) is 5.69 Å². The largest absolute Gasteiger partial charge is 0.349 e. The standard InChI is InChI=1S/C21H26N2O2/c1-14-10-9-13-18(15(14)2)23-20(25)21(4,5)19(24)22-16(3)17-11-7-6-8-12-17/h6-13,16H,1-5H3,(H,22,24)(H,23,25). The van der Waals surface area contributed by atoms with Gasteiger partial charge < -0.3 is 10.6 Å². The molecule has 0 saturated carbocycles. The highest BCUT2D eigenvalue weighted by molar-refractivity contribution is 6.10. The molecule has 0 bridgehead atoms.